The molecule has 2 rings (SSSR count). The summed E-state index contributed by atoms with van der Waals surface area (Å²) in [7, 11) is 0. The van der Waals surface area contributed by atoms with Gasteiger partial charge in [0.1, 0.15) is 11.8 Å². The third-order valence-corrected chi connectivity index (χ3v) is 4.25. The predicted molar refractivity (Wildman–Crippen MR) is 107 cm³/mol. The molecular formula is C22H28N2O3. The second-order valence-corrected chi connectivity index (χ2v) is 6.83. The molecule has 2 amide bonds. The minimum atomic E-state index is -0.627. The number of carbonyl (C=O) groups excluding carboxylic acids is 2. The lowest BCUT2D eigenvalue weighted by molar-refractivity contribution is -0.124. The SMILES string of the molecule is CCOc1ccccc1C(=O)N[C@@H](C(=O)NCc1ccc(C)cc1)C(C)C. The van der Waals surface area contributed by atoms with Crippen molar-refractivity contribution in [2.24, 2.45) is 5.92 Å². The molecule has 0 aliphatic heterocycles. The van der Waals surface area contributed by atoms with Crippen LogP contribution in [0.4, 0.5) is 0 Å². The van der Waals surface area contributed by atoms with E-state index in [1.54, 1.807) is 18.2 Å². The summed E-state index contributed by atoms with van der Waals surface area (Å²) >= 11 is 0. The molecule has 0 saturated carbocycles. The fourth-order valence-corrected chi connectivity index (χ4v) is 2.69. The van der Waals surface area contributed by atoms with Crippen LogP contribution in [0.1, 0.15) is 42.3 Å². The minimum Gasteiger partial charge on any atom is -0.493 e. The van der Waals surface area contributed by atoms with Crippen LogP contribution >= 0.6 is 0 Å². The van der Waals surface area contributed by atoms with Gasteiger partial charge in [-0.05, 0) is 37.5 Å². The highest BCUT2D eigenvalue weighted by molar-refractivity contribution is 5.99. The average Bonchev–Trinajstić information content (AvgIpc) is 2.65. The number of hydrogen-bond donors (Lipinski definition) is 2. The number of hydrogen-bond acceptors (Lipinski definition) is 3. The van der Waals surface area contributed by atoms with Crippen LogP contribution < -0.4 is 15.4 Å². The van der Waals surface area contributed by atoms with E-state index < -0.39 is 6.04 Å². The Labute approximate surface area is 161 Å². The van der Waals surface area contributed by atoms with Gasteiger partial charge in [0, 0.05) is 6.54 Å². The third kappa shape index (κ3) is 5.84. The Morgan fingerprint density at radius 1 is 1.04 bits per heavy atom. The van der Waals surface area contributed by atoms with Crippen molar-refractivity contribution in [3.63, 3.8) is 0 Å². The quantitative estimate of drug-likeness (QED) is 0.750. The summed E-state index contributed by atoms with van der Waals surface area (Å²) in [6, 6.07) is 14.4. The number of amides is 2. The van der Waals surface area contributed by atoms with Crippen molar-refractivity contribution < 1.29 is 14.3 Å². The monoisotopic (exact) mass is 368 g/mol. The van der Waals surface area contributed by atoms with Gasteiger partial charge in [-0.2, -0.15) is 0 Å². The van der Waals surface area contributed by atoms with Crippen LogP contribution in [0.3, 0.4) is 0 Å². The van der Waals surface area contributed by atoms with E-state index in [1.807, 2.05) is 58.0 Å². The zero-order valence-electron chi connectivity index (χ0n) is 16.4. The van der Waals surface area contributed by atoms with E-state index in [-0.39, 0.29) is 17.7 Å². The largest absolute Gasteiger partial charge is 0.493 e. The molecular weight excluding hydrogens is 340 g/mol. The summed E-state index contributed by atoms with van der Waals surface area (Å²) in [5.41, 5.74) is 2.62. The first-order chi connectivity index (χ1) is 12.9. The molecule has 2 aromatic carbocycles. The van der Waals surface area contributed by atoms with Crippen LogP contribution in [0, 0.1) is 12.8 Å². The summed E-state index contributed by atoms with van der Waals surface area (Å²) in [6.07, 6.45) is 0. The number of ether oxygens (including phenoxy) is 1. The highest BCUT2D eigenvalue weighted by Gasteiger charge is 2.25. The first-order valence-electron chi connectivity index (χ1n) is 9.28. The van der Waals surface area contributed by atoms with Gasteiger partial charge in [0.05, 0.1) is 12.2 Å². The average molecular weight is 368 g/mol. The Kier molecular flexibility index (Phi) is 7.41. The number of benzene rings is 2. The van der Waals surface area contributed by atoms with Gasteiger partial charge in [-0.3, -0.25) is 9.59 Å². The van der Waals surface area contributed by atoms with Gasteiger partial charge in [0.15, 0.2) is 0 Å². The molecule has 144 valence electrons. The van der Waals surface area contributed by atoms with E-state index in [1.165, 1.54) is 5.56 Å². The maximum absolute atomic E-state index is 12.7. The highest BCUT2D eigenvalue weighted by Crippen LogP contribution is 2.18. The molecule has 2 aromatic rings. The van der Waals surface area contributed by atoms with Crippen LogP contribution in [0.5, 0.6) is 5.75 Å². The van der Waals surface area contributed by atoms with Crippen molar-refractivity contribution in [3.8, 4) is 5.75 Å². The smallest absolute Gasteiger partial charge is 0.255 e. The molecule has 0 spiro atoms. The normalized spacial score (nSPS) is 11.7. The molecule has 5 heteroatoms. The van der Waals surface area contributed by atoms with E-state index in [9.17, 15) is 9.59 Å². The molecule has 0 aromatic heterocycles. The van der Waals surface area contributed by atoms with Crippen LogP contribution in [-0.2, 0) is 11.3 Å². The maximum Gasteiger partial charge on any atom is 0.255 e. The van der Waals surface area contributed by atoms with E-state index in [0.717, 1.165) is 5.56 Å². The topological polar surface area (TPSA) is 67.4 Å². The Balaban J connectivity index is 2.04. The standard InChI is InChI=1S/C22H28N2O3/c1-5-27-19-9-7-6-8-18(19)21(25)24-20(15(2)3)22(26)23-14-17-12-10-16(4)11-13-17/h6-13,15,20H,5,14H2,1-4H3,(H,23,26)(H,24,25)/t20-/m1/s1. The molecule has 0 aliphatic rings. The van der Waals surface area contributed by atoms with E-state index in [0.29, 0.717) is 24.5 Å². The highest BCUT2D eigenvalue weighted by atomic mass is 16.5. The number of aryl methyl sites for hydroxylation is 1. The van der Waals surface area contributed by atoms with Gasteiger partial charge >= 0.3 is 0 Å². The Morgan fingerprint density at radius 3 is 2.33 bits per heavy atom. The molecule has 0 unspecified atom stereocenters. The first-order valence-corrected chi connectivity index (χ1v) is 9.28. The second kappa shape index (κ2) is 9.76. The number of carbonyl (C=O) groups is 2. The van der Waals surface area contributed by atoms with Crippen molar-refractivity contribution in [2.45, 2.75) is 40.3 Å². The van der Waals surface area contributed by atoms with Gasteiger partial charge in [-0.1, -0.05) is 55.8 Å². The van der Waals surface area contributed by atoms with Gasteiger partial charge in [-0.15, -0.1) is 0 Å². The fraction of sp³-hybridized carbons (Fsp3) is 0.364. The minimum absolute atomic E-state index is 0.0498. The lowest BCUT2D eigenvalue weighted by atomic mass is 10.0. The van der Waals surface area contributed by atoms with Crippen LogP contribution in [0.25, 0.3) is 0 Å². The summed E-state index contributed by atoms with van der Waals surface area (Å²) < 4.78 is 5.51. The molecule has 5 nitrogen and oxygen atoms in total. The second-order valence-electron chi connectivity index (χ2n) is 6.83. The van der Waals surface area contributed by atoms with E-state index >= 15 is 0 Å². The van der Waals surface area contributed by atoms with Gasteiger partial charge in [-0.25, -0.2) is 0 Å². The molecule has 0 radical (unpaired) electrons. The summed E-state index contributed by atoms with van der Waals surface area (Å²) in [5.74, 6) is -0.0534. The lowest BCUT2D eigenvalue weighted by Gasteiger charge is -2.22. The van der Waals surface area contributed by atoms with E-state index in [2.05, 4.69) is 10.6 Å². The third-order valence-electron chi connectivity index (χ3n) is 4.25. The molecule has 0 bridgehead atoms. The lowest BCUT2D eigenvalue weighted by Crippen LogP contribution is -2.49. The fourth-order valence-electron chi connectivity index (χ4n) is 2.69. The molecule has 27 heavy (non-hydrogen) atoms. The van der Waals surface area contributed by atoms with Crippen LogP contribution in [0.2, 0.25) is 0 Å². The van der Waals surface area contributed by atoms with Crippen molar-refractivity contribution in [1.29, 1.82) is 0 Å². The van der Waals surface area contributed by atoms with Gasteiger partial charge in [0.2, 0.25) is 5.91 Å². The first kappa shape index (κ1) is 20.5. The Morgan fingerprint density at radius 2 is 1.70 bits per heavy atom. The van der Waals surface area contributed by atoms with Crippen LogP contribution in [-0.4, -0.2) is 24.5 Å². The molecule has 1 atom stereocenters. The summed E-state index contributed by atoms with van der Waals surface area (Å²) in [6.45, 7) is 8.59. The molecule has 2 N–H and O–H groups in total. The van der Waals surface area contributed by atoms with Crippen molar-refractivity contribution in [1.82, 2.24) is 10.6 Å². The number of para-hydroxylation sites is 1. The zero-order chi connectivity index (χ0) is 19.8. The van der Waals surface area contributed by atoms with Crippen molar-refractivity contribution in [2.75, 3.05) is 6.61 Å². The summed E-state index contributed by atoms with van der Waals surface area (Å²) in [5, 5.41) is 5.76. The number of rotatable bonds is 8. The van der Waals surface area contributed by atoms with Gasteiger partial charge < -0.3 is 15.4 Å². The zero-order valence-corrected chi connectivity index (χ0v) is 16.4. The molecule has 0 heterocycles. The molecule has 0 fully saturated rings. The Bertz CT molecular complexity index is 769. The summed E-state index contributed by atoms with van der Waals surface area (Å²) in [4.78, 5) is 25.3. The van der Waals surface area contributed by atoms with Crippen molar-refractivity contribution in [3.05, 3.63) is 65.2 Å². The van der Waals surface area contributed by atoms with E-state index in [4.69, 9.17) is 4.74 Å². The molecule has 0 saturated heterocycles. The van der Waals surface area contributed by atoms with Crippen LogP contribution in [0.15, 0.2) is 48.5 Å². The Hall–Kier alpha value is -2.82. The number of nitrogens with one attached hydrogen (secondary N) is 2. The van der Waals surface area contributed by atoms with Gasteiger partial charge in [0.25, 0.3) is 5.91 Å². The maximum atomic E-state index is 12.7. The predicted octanol–water partition coefficient (Wildman–Crippen LogP) is 3.46. The van der Waals surface area contributed by atoms with Crippen molar-refractivity contribution >= 4 is 11.8 Å². The molecule has 0 aliphatic carbocycles.